The van der Waals surface area contributed by atoms with Crippen LogP contribution >= 0.6 is 0 Å². The van der Waals surface area contributed by atoms with Crippen LogP contribution in [0.5, 0.6) is 0 Å². The van der Waals surface area contributed by atoms with E-state index in [1.807, 2.05) is 6.20 Å². The molecule has 0 spiro atoms. The average molecular weight is 315 g/mol. The van der Waals surface area contributed by atoms with Crippen molar-refractivity contribution in [2.75, 3.05) is 0 Å². The van der Waals surface area contributed by atoms with E-state index < -0.39 is 8.32 Å². The number of para-hydroxylation sites is 1. The van der Waals surface area contributed by atoms with Crippen LogP contribution in [0.15, 0.2) is 24.4 Å². The minimum Gasteiger partial charge on any atom is -0.410 e. The fourth-order valence-electron chi connectivity index (χ4n) is 2.49. The average Bonchev–Trinajstić information content (AvgIpc) is 2.80. The number of aromatic nitrogens is 1. The molecule has 0 radical (unpaired) electrons. The molecule has 4 heteroatoms. The second-order valence-electron chi connectivity index (χ2n) is 7.44. The van der Waals surface area contributed by atoms with Gasteiger partial charge < -0.3 is 9.41 Å². The van der Waals surface area contributed by atoms with Gasteiger partial charge in [-0.3, -0.25) is 0 Å². The van der Waals surface area contributed by atoms with E-state index in [9.17, 15) is 0 Å². The molecule has 0 amide bonds. The molecule has 1 aromatic heterocycles. The van der Waals surface area contributed by atoms with Crippen LogP contribution in [0.4, 0.5) is 0 Å². The third-order valence-corrected chi connectivity index (χ3v) is 9.37. The Labute approximate surface area is 134 Å². The van der Waals surface area contributed by atoms with Crippen molar-refractivity contribution in [2.45, 2.75) is 58.4 Å². The molecule has 0 bridgehead atoms. The van der Waals surface area contributed by atoms with E-state index in [2.05, 4.69) is 70.0 Å². The van der Waals surface area contributed by atoms with E-state index in [1.54, 1.807) is 0 Å². The summed E-state index contributed by atoms with van der Waals surface area (Å²) in [5.41, 5.74) is 3.32. The number of hydrogen-bond donors (Lipinski definition) is 1. The number of H-pyrrole nitrogens is 1. The van der Waals surface area contributed by atoms with Crippen LogP contribution in [-0.4, -0.2) is 13.3 Å². The first kappa shape index (κ1) is 16.8. The Hall–Kier alpha value is -1.57. The largest absolute Gasteiger partial charge is 0.410 e. The Kier molecular flexibility index (Phi) is 4.51. The zero-order valence-electron chi connectivity index (χ0n) is 14.4. The van der Waals surface area contributed by atoms with Crippen LogP contribution in [0.25, 0.3) is 10.9 Å². The standard InChI is InChI=1S/C18H26N2OSi/c1-13(21-22(5,6)18(2,3)4)15-8-7-9-16-14(10-11-19)12-20-17(15)16/h7-9,12-13,20H,10H2,1-6H3. The maximum absolute atomic E-state index is 8.94. The number of aromatic amines is 1. The second-order valence-corrected chi connectivity index (χ2v) is 12.2. The lowest BCUT2D eigenvalue weighted by Crippen LogP contribution is -2.41. The zero-order valence-corrected chi connectivity index (χ0v) is 15.4. The van der Waals surface area contributed by atoms with Gasteiger partial charge in [-0.1, -0.05) is 39.0 Å². The molecule has 0 fully saturated rings. The maximum atomic E-state index is 8.94. The predicted octanol–water partition coefficient (Wildman–Crippen LogP) is 5.32. The quantitative estimate of drug-likeness (QED) is 0.777. The van der Waals surface area contributed by atoms with Crippen molar-refractivity contribution in [2.24, 2.45) is 0 Å². The monoisotopic (exact) mass is 314 g/mol. The van der Waals surface area contributed by atoms with Crippen LogP contribution < -0.4 is 0 Å². The molecule has 2 rings (SSSR count). The van der Waals surface area contributed by atoms with Crippen molar-refractivity contribution in [1.82, 2.24) is 4.98 Å². The molecule has 0 aliphatic rings. The minimum atomic E-state index is -1.81. The summed E-state index contributed by atoms with van der Waals surface area (Å²) in [5.74, 6) is 0. The highest BCUT2D eigenvalue weighted by Gasteiger charge is 2.38. The van der Waals surface area contributed by atoms with Gasteiger partial charge in [-0.15, -0.1) is 0 Å². The summed E-state index contributed by atoms with van der Waals surface area (Å²) < 4.78 is 6.52. The number of fused-ring (bicyclic) bond motifs is 1. The summed E-state index contributed by atoms with van der Waals surface area (Å²) in [4.78, 5) is 3.33. The third kappa shape index (κ3) is 3.11. The molecule has 0 saturated carbocycles. The lowest BCUT2D eigenvalue weighted by atomic mass is 10.0. The molecule has 1 atom stereocenters. The Morgan fingerprint density at radius 1 is 1.32 bits per heavy atom. The summed E-state index contributed by atoms with van der Waals surface area (Å²) in [5, 5.41) is 10.3. The number of hydrogen-bond acceptors (Lipinski definition) is 2. The van der Waals surface area contributed by atoms with Crippen LogP contribution in [0.1, 0.15) is 44.9 Å². The van der Waals surface area contributed by atoms with E-state index in [1.165, 1.54) is 5.56 Å². The van der Waals surface area contributed by atoms with Crippen molar-refractivity contribution in [1.29, 1.82) is 5.26 Å². The van der Waals surface area contributed by atoms with Gasteiger partial charge in [0, 0.05) is 17.1 Å². The van der Waals surface area contributed by atoms with Crippen molar-refractivity contribution in [3.63, 3.8) is 0 Å². The highest BCUT2D eigenvalue weighted by Crippen LogP contribution is 2.40. The summed E-state index contributed by atoms with van der Waals surface area (Å²) in [6.07, 6.45) is 2.41. The van der Waals surface area contributed by atoms with Gasteiger partial charge in [0.2, 0.25) is 0 Å². The first-order chi connectivity index (χ1) is 10.2. The molecule has 1 aromatic carbocycles. The van der Waals surface area contributed by atoms with E-state index in [-0.39, 0.29) is 11.1 Å². The van der Waals surface area contributed by atoms with Gasteiger partial charge >= 0.3 is 0 Å². The lowest BCUT2D eigenvalue weighted by Gasteiger charge is -2.38. The number of nitrogens with zero attached hydrogens (tertiary/aromatic N) is 1. The van der Waals surface area contributed by atoms with Gasteiger partial charge in [0.1, 0.15) is 0 Å². The molecular formula is C18H26N2OSi. The zero-order chi connectivity index (χ0) is 16.5. The van der Waals surface area contributed by atoms with Gasteiger partial charge in [0.15, 0.2) is 8.32 Å². The van der Waals surface area contributed by atoms with Crippen LogP contribution in [0.2, 0.25) is 18.1 Å². The number of benzene rings is 1. The van der Waals surface area contributed by atoms with E-state index in [4.69, 9.17) is 9.69 Å². The molecule has 1 N–H and O–H groups in total. The normalized spacial score (nSPS) is 14.0. The smallest absolute Gasteiger partial charge is 0.192 e. The summed E-state index contributed by atoms with van der Waals surface area (Å²) in [6.45, 7) is 13.4. The fourth-order valence-corrected chi connectivity index (χ4v) is 3.85. The lowest BCUT2D eigenvalue weighted by molar-refractivity contribution is 0.204. The molecular weight excluding hydrogens is 288 g/mol. The Morgan fingerprint density at radius 2 is 2.00 bits per heavy atom. The first-order valence-electron chi connectivity index (χ1n) is 7.81. The Balaban J connectivity index is 2.37. The molecule has 0 aliphatic carbocycles. The summed E-state index contributed by atoms with van der Waals surface area (Å²) in [7, 11) is -1.81. The SMILES string of the molecule is CC(O[Si](C)(C)C(C)(C)C)c1cccc2c(CC#N)c[nH]c12. The van der Waals surface area contributed by atoms with Crippen molar-refractivity contribution < 1.29 is 4.43 Å². The topological polar surface area (TPSA) is 48.8 Å². The number of rotatable bonds is 4. The molecule has 118 valence electrons. The molecule has 0 aliphatic heterocycles. The molecule has 22 heavy (non-hydrogen) atoms. The Morgan fingerprint density at radius 3 is 2.59 bits per heavy atom. The molecule has 3 nitrogen and oxygen atoms in total. The number of nitriles is 1. The van der Waals surface area contributed by atoms with Gasteiger partial charge in [-0.25, -0.2) is 0 Å². The third-order valence-electron chi connectivity index (χ3n) is 4.82. The van der Waals surface area contributed by atoms with E-state index in [0.717, 1.165) is 16.5 Å². The molecule has 1 heterocycles. The van der Waals surface area contributed by atoms with Gasteiger partial charge in [0.05, 0.1) is 24.1 Å². The van der Waals surface area contributed by atoms with E-state index in [0.29, 0.717) is 6.42 Å². The van der Waals surface area contributed by atoms with Crippen molar-refractivity contribution in [3.8, 4) is 6.07 Å². The second kappa shape index (κ2) is 5.90. The summed E-state index contributed by atoms with van der Waals surface area (Å²) in [6, 6.07) is 8.47. The minimum absolute atomic E-state index is 0.0400. The number of nitrogens with one attached hydrogen (secondary N) is 1. The van der Waals surface area contributed by atoms with Gasteiger partial charge in [-0.2, -0.15) is 5.26 Å². The molecule has 0 saturated heterocycles. The van der Waals surface area contributed by atoms with Crippen LogP contribution in [-0.2, 0) is 10.8 Å². The Bertz CT molecular complexity index is 704. The van der Waals surface area contributed by atoms with Crippen molar-refractivity contribution in [3.05, 3.63) is 35.5 Å². The van der Waals surface area contributed by atoms with Gasteiger partial charge in [-0.05, 0) is 30.6 Å². The fraction of sp³-hybridized carbons (Fsp3) is 0.500. The predicted molar refractivity (Wildman–Crippen MR) is 94.3 cm³/mol. The van der Waals surface area contributed by atoms with Crippen molar-refractivity contribution >= 4 is 19.2 Å². The first-order valence-corrected chi connectivity index (χ1v) is 10.7. The molecule has 2 aromatic rings. The maximum Gasteiger partial charge on any atom is 0.192 e. The van der Waals surface area contributed by atoms with Crippen LogP contribution in [0, 0.1) is 11.3 Å². The van der Waals surface area contributed by atoms with Crippen LogP contribution in [0.3, 0.4) is 0 Å². The highest BCUT2D eigenvalue weighted by atomic mass is 28.4. The molecule has 1 unspecified atom stereocenters. The summed E-state index contributed by atoms with van der Waals surface area (Å²) >= 11 is 0. The highest BCUT2D eigenvalue weighted by molar-refractivity contribution is 6.74. The van der Waals surface area contributed by atoms with Gasteiger partial charge in [0.25, 0.3) is 0 Å². The van der Waals surface area contributed by atoms with E-state index >= 15 is 0 Å².